The number of H-pyrrole nitrogens is 1. The predicted molar refractivity (Wildman–Crippen MR) is 111 cm³/mol. The predicted octanol–water partition coefficient (Wildman–Crippen LogP) is 4.25. The second kappa shape index (κ2) is 8.06. The Hall–Kier alpha value is -3.94. The number of hydrogen-bond donors (Lipinski definition) is 2. The molecule has 0 aliphatic carbocycles. The van der Waals surface area contributed by atoms with Crippen LogP contribution in [0.15, 0.2) is 59.4 Å². The third kappa shape index (κ3) is 4.05. The van der Waals surface area contributed by atoms with Crippen molar-refractivity contribution in [3.63, 3.8) is 0 Å². The number of aryl methyl sites for hydroxylation is 1. The van der Waals surface area contributed by atoms with Crippen molar-refractivity contribution in [2.45, 2.75) is 20.1 Å². The number of halogens is 2. The molecule has 1 aromatic heterocycles. The number of fused-ring (bicyclic) bond motifs is 1. The van der Waals surface area contributed by atoms with Crippen LogP contribution in [0, 0.1) is 18.6 Å². The van der Waals surface area contributed by atoms with Gasteiger partial charge in [0.1, 0.15) is 18.9 Å². The number of carboxylic acid groups (broad SMARTS) is 1. The topological polar surface area (TPSA) is 84.3 Å². The number of ether oxygens (including phenoxy) is 1. The van der Waals surface area contributed by atoms with E-state index in [1.165, 1.54) is 6.07 Å². The van der Waals surface area contributed by atoms with Crippen LogP contribution in [-0.4, -0.2) is 20.9 Å². The van der Waals surface area contributed by atoms with Gasteiger partial charge in [0.2, 0.25) is 0 Å². The molecule has 4 rings (SSSR count). The van der Waals surface area contributed by atoms with Gasteiger partial charge in [-0.3, -0.25) is 14.7 Å². The molecule has 0 aliphatic rings. The smallest absolute Gasteiger partial charge is 0.325 e. The molecule has 6 nitrogen and oxygen atoms in total. The van der Waals surface area contributed by atoms with E-state index in [9.17, 15) is 18.4 Å². The summed E-state index contributed by atoms with van der Waals surface area (Å²) < 4.78 is 33.8. The standard InChI is InChI=1S/C23H18F2N2O4/c1-13-9-19(24)20(25)10-18(13)14-5-7-16(8-6-14)31-12-15-3-2-4-17-22(15)26-27(23(17)30)11-21(28)29/h2-10,26H,11-12H2,1H3,(H,28,29). The first-order valence-electron chi connectivity index (χ1n) is 9.44. The first kappa shape index (κ1) is 20.3. The molecule has 0 amide bonds. The third-order valence-electron chi connectivity index (χ3n) is 4.99. The maximum atomic E-state index is 13.6. The van der Waals surface area contributed by atoms with Crippen molar-refractivity contribution in [3.05, 3.63) is 87.7 Å². The van der Waals surface area contributed by atoms with Gasteiger partial charge in [0.05, 0.1) is 10.9 Å². The zero-order valence-corrected chi connectivity index (χ0v) is 16.5. The van der Waals surface area contributed by atoms with Crippen LogP contribution in [0.5, 0.6) is 5.75 Å². The summed E-state index contributed by atoms with van der Waals surface area (Å²) >= 11 is 0. The molecule has 31 heavy (non-hydrogen) atoms. The maximum Gasteiger partial charge on any atom is 0.325 e. The summed E-state index contributed by atoms with van der Waals surface area (Å²) in [6.45, 7) is 1.40. The van der Waals surface area contributed by atoms with Crippen LogP contribution in [0.3, 0.4) is 0 Å². The number of para-hydroxylation sites is 1. The van der Waals surface area contributed by atoms with Crippen LogP contribution in [0.4, 0.5) is 8.78 Å². The van der Waals surface area contributed by atoms with Gasteiger partial charge >= 0.3 is 5.97 Å². The first-order valence-corrected chi connectivity index (χ1v) is 9.44. The Labute approximate surface area is 175 Å². The van der Waals surface area contributed by atoms with Gasteiger partial charge < -0.3 is 9.84 Å². The van der Waals surface area contributed by atoms with Crippen molar-refractivity contribution >= 4 is 16.9 Å². The molecular formula is C23H18F2N2O4. The summed E-state index contributed by atoms with van der Waals surface area (Å²) in [5, 5.41) is 12.1. The summed E-state index contributed by atoms with van der Waals surface area (Å²) in [4.78, 5) is 23.2. The number of hydrogen-bond acceptors (Lipinski definition) is 3. The van der Waals surface area contributed by atoms with E-state index in [1.54, 1.807) is 49.4 Å². The fourth-order valence-electron chi connectivity index (χ4n) is 3.46. The zero-order chi connectivity index (χ0) is 22.1. The van der Waals surface area contributed by atoms with Crippen molar-refractivity contribution in [1.82, 2.24) is 9.78 Å². The number of aliphatic carboxylic acids is 1. The van der Waals surface area contributed by atoms with E-state index >= 15 is 0 Å². The lowest BCUT2D eigenvalue weighted by molar-refractivity contribution is -0.137. The lowest BCUT2D eigenvalue weighted by Crippen LogP contribution is -2.21. The molecule has 1 heterocycles. The maximum absolute atomic E-state index is 13.6. The van der Waals surface area contributed by atoms with Gasteiger partial charge in [0.25, 0.3) is 5.56 Å². The molecule has 0 spiro atoms. The van der Waals surface area contributed by atoms with Gasteiger partial charge in [0, 0.05) is 5.56 Å². The van der Waals surface area contributed by atoms with Gasteiger partial charge in [-0.2, -0.15) is 0 Å². The molecule has 0 atom stereocenters. The highest BCUT2D eigenvalue weighted by atomic mass is 19.2. The van der Waals surface area contributed by atoms with Gasteiger partial charge in [-0.1, -0.05) is 24.3 Å². The van der Waals surface area contributed by atoms with E-state index in [2.05, 4.69) is 5.10 Å². The van der Waals surface area contributed by atoms with Crippen LogP contribution in [0.2, 0.25) is 0 Å². The number of rotatable bonds is 6. The molecule has 0 saturated carbocycles. The molecular weight excluding hydrogens is 406 g/mol. The highest BCUT2D eigenvalue weighted by Gasteiger charge is 2.13. The minimum absolute atomic E-state index is 0.147. The number of carboxylic acids is 1. The normalized spacial score (nSPS) is 11.1. The quantitative estimate of drug-likeness (QED) is 0.485. The van der Waals surface area contributed by atoms with E-state index in [0.717, 1.165) is 16.3 Å². The Balaban J connectivity index is 1.55. The number of aromatic nitrogens is 2. The van der Waals surface area contributed by atoms with Crippen molar-refractivity contribution in [2.24, 2.45) is 0 Å². The average molecular weight is 424 g/mol. The Morgan fingerprint density at radius 2 is 1.81 bits per heavy atom. The summed E-state index contributed by atoms with van der Waals surface area (Å²) in [6.07, 6.45) is 0. The first-order chi connectivity index (χ1) is 14.8. The van der Waals surface area contributed by atoms with Gasteiger partial charge in [0.15, 0.2) is 11.6 Å². The molecule has 158 valence electrons. The Morgan fingerprint density at radius 1 is 1.10 bits per heavy atom. The second-order valence-corrected chi connectivity index (χ2v) is 7.13. The highest BCUT2D eigenvalue weighted by molar-refractivity contribution is 5.81. The number of nitrogens with zero attached hydrogens (tertiary/aromatic N) is 1. The number of aromatic amines is 1. The fraction of sp³-hybridized carbons (Fsp3) is 0.130. The molecule has 0 unspecified atom stereocenters. The van der Waals surface area contributed by atoms with E-state index in [0.29, 0.717) is 33.3 Å². The summed E-state index contributed by atoms with van der Waals surface area (Å²) in [5.74, 6) is -2.36. The largest absolute Gasteiger partial charge is 0.489 e. The van der Waals surface area contributed by atoms with Crippen molar-refractivity contribution in [3.8, 4) is 16.9 Å². The average Bonchev–Trinajstić information content (AvgIpc) is 3.05. The Kier molecular flexibility index (Phi) is 5.29. The number of carbonyl (C=O) groups is 1. The van der Waals surface area contributed by atoms with E-state index < -0.39 is 29.7 Å². The summed E-state index contributed by atoms with van der Waals surface area (Å²) in [5.41, 5.74) is 2.73. The Bertz CT molecular complexity index is 1340. The van der Waals surface area contributed by atoms with E-state index in [4.69, 9.17) is 9.84 Å². The van der Waals surface area contributed by atoms with Crippen LogP contribution in [-0.2, 0) is 17.9 Å². The lowest BCUT2D eigenvalue weighted by Gasteiger charge is -2.10. The van der Waals surface area contributed by atoms with Crippen LogP contribution >= 0.6 is 0 Å². The summed E-state index contributed by atoms with van der Waals surface area (Å²) in [6, 6.07) is 14.4. The molecule has 0 radical (unpaired) electrons. The van der Waals surface area contributed by atoms with Gasteiger partial charge in [-0.25, -0.2) is 13.5 Å². The molecule has 2 N–H and O–H groups in total. The van der Waals surface area contributed by atoms with Crippen LogP contribution < -0.4 is 10.3 Å². The Morgan fingerprint density at radius 3 is 2.52 bits per heavy atom. The van der Waals surface area contributed by atoms with Gasteiger partial charge in [-0.15, -0.1) is 0 Å². The molecule has 4 aromatic rings. The van der Waals surface area contributed by atoms with Crippen molar-refractivity contribution in [2.75, 3.05) is 0 Å². The molecule has 0 aliphatic heterocycles. The number of benzene rings is 3. The van der Waals surface area contributed by atoms with Crippen molar-refractivity contribution < 1.29 is 23.4 Å². The molecule has 0 bridgehead atoms. The van der Waals surface area contributed by atoms with Crippen molar-refractivity contribution in [1.29, 1.82) is 0 Å². The monoisotopic (exact) mass is 424 g/mol. The third-order valence-corrected chi connectivity index (χ3v) is 4.99. The zero-order valence-electron chi connectivity index (χ0n) is 16.5. The fourth-order valence-corrected chi connectivity index (χ4v) is 3.46. The lowest BCUT2D eigenvalue weighted by atomic mass is 10.0. The van der Waals surface area contributed by atoms with Crippen LogP contribution in [0.1, 0.15) is 11.1 Å². The molecule has 0 fully saturated rings. The van der Waals surface area contributed by atoms with Crippen LogP contribution in [0.25, 0.3) is 22.0 Å². The summed E-state index contributed by atoms with van der Waals surface area (Å²) in [7, 11) is 0. The highest BCUT2D eigenvalue weighted by Crippen LogP contribution is 2.28. The minimum atomic E-state index is -1.12. The number of nitrogens with one attached hydrogen (secondary N) is 1. The molecule has 8 heteroatoms. The SMILES string of the molecule is Cc1cc(F)c(F)cc1-c1ccc(OCc2cccc3c(=O)n(CC(=O)O)[nH]c23)cc1. The molecule has 3 aromatic carbocycles. The van der Waals surface area contributed by atoms with Gasteiger partial charge in [-0.05, 0) is 53.9 Å². The van der Waals surface area contributed by atoms with E-state index in [-0.39, 0.29) is 6.61 Å². The molecule has 0 saturated heterocycles. The minimum Gasteiger partial charge on any atom is -0.489 e. The van der Waals surface area contributed by atoms with E-state index in [1.807, 2.05) is 0 Å². The second-order valence-electron chi connectivity index (χ2n) is 7.13.